The number of carbonyl (C=O) groups excluding carboxylic acids is 6. The molecule has 0 bridgehead atoms. The van der Waals surface area contributed by atoms with Gasteiger partial charge in [-0.25, -0.2) is 22.8 Å². The lowest BCUT2D eigenvalue weighted by Crippen LogP contribution is -2.66. The van der Waals surface area contributed by atoms with E-state index in [0.717, 1.165) is 56.9 Å². The number of ether oxygens (including phenoxy) is 10. The summed E-state index contributed by atoms with van der Waals surface area (Å²) in [5.74, 6) is -21.2. The average molecular weight is 1020 g/mol. The van der Waals surface area contributed by atoms with Gasteiger partial charge in [0.2, 0.25) is 34.8 Å². The number of aliphatic hydroxyl groups excluding tert-OH is 2. The Morgan fingerprint density at radius 2 is 1.24 bits per heavy atom. The first-order valence-electron chi connectivity index (χ1n) is 21.6. The Hall–Kier alpha value is -7.00. The number of amides is 1. The molecule has 0 radical (unpaired) electrons. The second-order valence-corrected chi connectivity index (χ2v) is 16.2. The lowest BCUT2D eigenvalue weighted by molar-refractivity contribution is -0.347. The average Bonchev–Trinajstić information content (AvgIpc) is 3.65. The van der Waals surface area contributed by atoms with Crippen LogP contribution in [0.3, 0.4) is 0 Å². The molecule has 2 heterocycles. The van der Waals surface area contributed by atoms with Gasteiger partial charge < -0.3 is 62.9 Å². The maximum absolute atomic E-state index is 14.9. The molecule has 0 saturated carbocycles. The molecular formula is C45H45F5N4O18. The predicted molar refractivity (Wildman–Crippen MR) is 226 cm³/mol. The highest BCUT2D eigenvalue weighted by Gasteiger charge is 2.56. The van der Waals surface area contributed by atoms with Gasteiger partial charge in [0.05, 0.1) is 12.7 Å². The lowest BCUT2D eigenvalue weighted by Gasteiger charge is -2.48. The molecule has 1 aliphatic carbocycles. The molecule has 2 aliphatic heterocycles. The Morgan fingerprint density at radius 3 is 1.78 bits per heavy atom. The quantitative estimate of drug-likeness (QED) is 0.0199. The van der Waals surface area contributed by atoms with Crippen LogP contribution in [0.15, 0.2) is 53.6 Å². The Morgan fingerprint density at radius 1 is 0.708 bits per heavy atom. The zero-order valence-corrected chi connectivity index (χ0v) is 38.4. The number of halogens is 5. The Bertz CT molecular complexity index is 2530. The fourth-order valence-corrected chi connectivity index (χ4v) is 8.22. The number of esters is 5. The third kappa shape index (κ3) is 12.0. The van der Waals surface area contributed by atoms with Gasteiger partial charge in [0.1, 0.15) is 43.7 Å². The number of rotatable bonds is 17. The van der Waals surface area contributed by atoms with Gasteiger partial charge in [-0.05, 0) is 34.7 Å². The summed E-state index contributed by atoms with van der Waals surface area (Å²) in [7, 11) is 0. The summed E-state index contributed by atoms with van der Waals surface area (Å²) in [5.41, 5.74) is 12.9. The molecular weight excluding hydrogens is 979 g/mol. The molecule has 3 aromatic rings. The Labute approximate surface area is 404 Å². The van der Waals surface area contributed by atoms with Crippen molar-refractivity contribution in [1.29, 1.82) is 0 Å². The number of nitrogens with one attached hydrogen (secondary N) is 1. The van der Waals surface area contributed by atoms with Crippen LogP contribution in [-0.4, -0.2) is 139 Å². The number of benzene rings is 3. The fourth-order valence-electron chi connectivity index (χ4n) is 8.22. The van der Waals surface area contributed by atoms with Crippen molar-refractivity contribution in [2.24, 2.45) is 5.11 Å². The molecule has 388 valence electrons. The zero-order chi connectivity index (χ0) is 52.7. The standard InChI is InChI=1S/C45H45F5N4O18/c1-17(34(42(61)71-38-32(49)30(47)29(46)31(48)33(38)50)52-45(62)64-15-26-24-12-8-6-10-22(24)23-11-7-9-13-25(23)26)65-43-35(53-54-51)39(36(60)27(14-55)69-43)72-44-41(68-21(5)59)40(67-20(4)58)37(66-19(3)57)28(70-44)16-63-18(2)56/h6-13,17,26-28,34-37,39-41,43-44,55,60H,14-16H2,1-5H3,(H,52,62)/t17-,27-,28-,34+,35-,36+,37+,39-,40+,41-,43+,44+/m1/s1. The normalized spacial score (nSPS) is 25.3. The van der Waals surface area contributed by atoms with Crippen molar-refractivity contribution < 1.29 is 108 Å². The van der Waals surface area contributed by atoms with Crippen LogP contribution in [-0.2, 0) is 66.6 Å². The topological polar surface area (TPSA) is 296 Å². The number of hydrogen-bond donors (Lipinski definition) is 3. The van der Waals surface area contributed by atoms with Crippen molar-refractivity contribution in [3.8, 4) is 16.9 Å². The van der Waals surface area contributed by atoms with Gasteiger partial charge in [0.25, 0.3) is 0 Å². The van der Waals surface area contributed by atoms with Crippen LogP contribution in [0, 0.1) is 29.1 Å². The monoisotopic (exact) mass is 1020 g/mol. The molecule has 0 spiro atoms. The zero-order valence-electron chi connectivity index (χ0n) is 38.4. The molecule has 0 unspecified atom stereocenters. The third-order valence-electron chi connectivity index (χ3n) is 11.3. The van der Waals surface area contributed by atoms with Crippen molar-refractivity contribution in [3.05, 3.63) is 99.2 Å². The summed E-state index contributed by atoms with van der Waals surface area (Å²) < 4.78 is 127. The molecule has 22 nitrogen and oxygen atoms in total. The first-order valence-corrected chi connectivity index (χ1v) is 21.6. The van der Waals surface area contributed by atoms with Gasteiger partial charge in [-0.2, -0.15) is 8.78 Å². The summed E-state index contributed by atoms with van der Waals surface area (Å²) in [5, 5.41) is 27.6. The number of hydrogen-bond acceptors (Lipinski definition) is 19. The number of aliphatic hydroxyl groups is 2. The SMILES string of the molecule is CC(=O)OC[C@H]1O[C@@H](O[C@H]2[C@@H](O)[C@@H](CO)O[C@H](O[C@H](C)[C@H](NC(=O)OCC3c4ccccc4-c4ccccc43)C(=O)Oc3c(F)c(F)c(F)c(F)c3F)[C@@H]2N=[N+]=[N-])[C@H](OC(C)=O)[C@@H](OC(C)=O)[C@H]1OC(C)=O. The molecule has 2 saturated heterocycles. The molecule has 3 aliphatic rings. The number of alkyl carbamates (subject to hydrolysis) is 1. The predicted octanol–water partition coefficient (Wildman–Crippen LogP) is 3.83. The van der Waals surface area contributed by atoms with Gasteiger partial charge >= 0.3 is 35.9 Å². The van der Waals surface area contributed by atoms with E-state index < -0.39 is 163 Å². The molecule has 0 aromatic heterocycles. The fraction of sp³-hybridized carbons (Fsp3) is 0.467. The van der Waals surface area contributed by atoms with Crippen molar-refractivity contribution >= 4 is 35.9 Å². The maximum atomic E-state index is 14.9. The van der Waals surface area contributed by atoms with E-state index in [-0.39, 0.29) is 6.61 Å². The highest BCUT2D eigenvalue weighted by atomic mass is 19.2. The van der Waals surface area contributed by atoms with Crippen LogP contribution in [0.5, 0.6) is 5.75 Å². The van der Waals surface area contributed by atoms with Crippen LogP contribution in [0.2, 0.25) is 0 Å². The van der Waals surface area contributed by atoms with Crippen LogP contribution in [0.1, 0.15) is 51.7 Å². The first-order chi connectivity index (χ1) is 34.2. The second kappa shape index (κ2) is 23.5. The van der Waals surface area contributed by atoms with E-state index in [0.29, 0.717) is 0 Å². The Kier molecular flexibility index (Phi) is 17.7. The summed E-state index contributed by atoms with van der Waals surface area (Å²) in [6.07, 6.45) is -20.4. The van der Waals surface area contributed by atoms with E-state index in [2.05, 4.69) is 20.1 Å². The first kappa shape index (κ1) is 54.3. The van der Waals surface area contributed by atoms with E-state index in [9.17, 15) is 66.5 Å². The molecule has 12 atom stereocenters. The molecule has 3 aromatic carbocycles. The molecule has 6 rings (SSSR count). The van der Waals surface area contributed by atoms with E-state index in [1.807, 2.05) is 12.1 Å². The second-order valence-electron chi connectivity index (χ2n) is 16.2. The largest absolute Gasteiger partial charge is 0.463 e. The van der Waals surface area contributed by atoms with Gasteiger partial charge in [-0.15, -0.1) is 0 Å². The van der Waals surface area contributed by atoms with Crippen molar-refractivity contribution in [1.82, 2.24) is 5.32 Å². The molecule has 3 N–H and O–H groups in total. The smallest absolute Gasteiger partial charge is 0.407 e. The van der Waals surface area contributed by atoms with Gasteiger partial charge in [0, 0.05) is 38.5 Å². The molecule has 1 amide bonds. The molecule has 2 fully saturated rings. The number of fused-ring (bicyclic) bond motifs is 3. The minimum Gasteiger partial charge on any atom is -0.463 e. The summed E-state index contributed by atoms with van der Waals surface area (Å²) in [4.78, 5) is 79.2. The summed E-state index contributed by atoms with van der Waals surface area (Å²) in [6, 6.07) is 9.98. The number of nitrogens with zero attached hydrogens (tertiary/aromatic N) is 3. The highest BCUT2D eigenvalue weighted by molar-refractivity contribution is 5.84. The van der Waals surface area contributed by atoms with Crippen molar-refractivity contribution in [2.45, 2.75) is 114 Å². The summed E-state index contributed by atoms with van der Waals surface area (Å²) >= 11 is 0. The van der Waals surface area contributed by atoms with Gasteiger partial charge in [-0.3, -0.25) is 19.2 Å². The van der Waals surface area contributed by atoms with Crippen molar-refractivity contribution in [2.75, 3.05) is 19.8 Å². The van der Waals surface area contributed by atoms with Crippen LogP contribution in [0.4, 0.5) is 26.7 Å². The van der Waals surface area contributed by atoms with E-state index in [4.69, 9.17) is 42.6 Å². The lowest BCUT2D eigenvalue weighted by atomic mass is 9.95. The van der Waals surface area contributed by atoms with Gasteiger partial charge in [0.15, 0.2) is 36.9 Å². The highest BCUT2D eigenvalue weighted by Crippen LogP contribution is 2.45. The van der Waals surface area contributed by atoms with Crippen LogP contribution in [0.25, 0.3) is 21.6 Å². The summed E-state index contributed by atoms with van der Waals surface area (Å²) in [6.45, 7) is 2.62. The molecule has 72 heavy (non-hydrogen) atoms. The number of azide groups is 1. The van der Waals surface area contributed by atoms with E-state index >= 15 is 0 Å². The maximum Gasteiger partial charge on any atom is 0.407 e. The van der Waals surface area contributed by atoms with Crippen LogP contribution >= 0.6 is 0 Å². The van der Waals surface area contributed by atoms with E-state index in [1.54, 1.807) is 36.4 Å². The Balaban J connectivity index is 1.33. The van der Waals surface area contributed by atoms with Crippen molar-refractivity contribution in [3.63, 3.8) is 0 Å². The van der Waals surface area contributed by atoms with Gasteiger partial charge in [-0.1, -0.05) is 53.6 Å². The number of carbonyl (C=O) groups is 6. The van der Waals surface area contributed by atoms with Crippen LogP contribution < -0.4 is 10.1 Å². The third-order valence-corrected chi connectivity index (χ3v) is 11.3. The molecule has 27 heteroatoms. The minimum atomic E-state index is -2.59. The minimum absolute atomic E-state index is 0.381. The van der Waals surface area contributed by atoms with E-state index in [1.165, 1.54) is 0 Å².